The van der Waals surface area contributed by atoms with Gasteiger partial charge >= 0.3 is 0 Å². The Morgan fingerprint density at radius 3 is 2.74 bits per heavy atom. The molecular formula is C12H15N3O3S. The summed E-state index contributed by atoms with van der Waals surface area (Å²) in [6.45, 7) is 2.02. The maximum absolute atomic E-state index is 12.3. The number of nitrogens with zero attached hydrogens (tertiary/aromatic N) is 3. The molecule has 1 fully saturated rings. The molecule has 1 atom stereocenters. The molecule has 1 aromatic heterocycles. The zero-order valence-corrected chi connectivity index (χ0v) is 11.6. The first-order valence-corrected chi connectivity index (χ1v) is 7.64. The number of aromatic nitrogens is 1. The van der Waals surface area contributed by atoms with Crippen LogP contribution in [0.2, 0.25) is 0 Å². The van der Waals surface area contributed by atoms with E-state index >= 15 is 0 Å². The minimum atomic E-state index is -3.07. The fourth-order valence-corrected chi connectivity index (χ4v) is 3.42. The van der Waals surface area contributed by atoms with Gasteiger partial charge < -0.3 is 9.47 Å². The highest BCUT2D eigenvalue weighted by Gasteiger charge is 2.32. The molecule has 0 radical (unpaired) electrons. The second kappa shape index (κ2) is 4.70. The van der Waals surface area contributed by atoms with Crippen molar-refractivity contribution < 1.29 is 13.2 Å². The van der Waals surface area contributed by atoms with Crippen molar-refractivity contribution in [1.82, 2.24) is 9.47 Å². The SMILES string of the molecule is CC1CN(C(=O)c2cc(C#N)cn2C)CCS1(=O)=O. The van der Waals surface area contributed by atoms with E-state index in [4.69, 9.17) is 5.26 Å². The first-order chi connectivity index (χ1) is 8.85. The van der Waals surface area contributed by atoms with Crippen LogP contribution in [-0.2, 0) is 16.9 Å². The molecule has 0 aliphatic carbocycles. The number of rotatable bonds is 1. The predicted molar refractivity (Wildman–Crippen MR) is 69.3 cm³/mol. The molecule has 1 saturated heterocycles. The second-order valence-electron chi connectivity index (χ2n) is 4.77. The van der Waals surface area contributed by atoms with Gasteiger partial charge in [-0.25, -0.2) is 8.42 Å². The molecule has 1 aromatic rings. The summed E-state index contributed by atoms with van der Waals surface area (Å²) in [5.41, 5.74) is 0.826. The largest absolute Gasteiger partial charge is 0.345 e. The summed E-state index contributed by atoms with van der Waals surface area (Å²) in [7, 11) is -1.38. The lowest BCUT2D eigenvalue weighted by Crippen LogP contribution is -2.48. The zero-order chi connectivity index (χ0) is 14.2. The molecular weight excluding hydrogens is 266 g/mol. The average Bonchev–Trinajstić information content (AvgIpc) is 2.73. The van der Waals surface area contributed by atoms with Crippen molar-refractivity contribution in [2.75, 3.05) is 18.8 Å². The standard InChI is InChI=1S/C12H15N3O3S/c1-9-7-15(3-4-19(9,17)18)12(16)11-5-10(6-13)8-14(11)2/h5,8-9H,3-4,7H2,1-2H3. The number of hydrogen-bond donors (Lipinski definition) is 0. The average molecular weight is 281 g/mol. The minimum absolute atomic E-state index is 0.00453. The predicted octanol–water partition coefficient (Wildman–Crippen LogP) is 0.156. The minimum Gasteiger partial charge on any atom is -0.345 e. The topological polar surface area (TPSA) is 83.2 Å². The van der Waals surface area contributed by atoms with E-state index in [2.05, 4.69) is 0 Å². The van der Waals surface area contributed by atoms with Crippen LogP contribution in [0.1, 0.15) is 23.0 Å². The molecule has 2 rings (SSSR count). The fraction of sp³-hybridized carbons (Fsp3) is 0.500. The van der Waals surface area contributed by atoms with Gasteiger partial charge in [-0.2, -0.15) is 5.26 Å². The van der Waals surface area contributed by atoms with E-state index in [0.29, 0.717) is 11.3 Å². The third kappa shape index (κ3) is 2.49. The molecule has 6 nitrogen and oxygen atoms in total. The first kappa shape index (κ1) is 13.6. The van der Waals surface area contributed by atoms with E-state index in [1.807, 2.05) is 6.07 Å². The van der Waals surface area contributed by atoms with E-state index in [9.17, 15) is 13.2 Å². The van der Waals surface area contributed by atoms with Gasteiger partial charge in [-0.3, -0.25) is 4.79 Å². The van der Waals surface area contributed by atoms with Crippen molar-refractivity contribution in [2.24, 2.45) is 7.05 Å². The quantitative estimate of drug-likeness (QED) is 0.734. The molecule has 1 aliphatic heterocycles. The van der Waals surface area contributed by atoms with Gasteiger partial charge in [0.15, 0.2) is 9.84 Å². The van der Waals surface area contributed by atoms with Gasteiger partial charge in [-0.15, -0.1) is 0 Å². The van der Waals surface area contributed by atoms with E-state index in [1.165, 1.54) is 11.0 Å². The highest BCUT2D eigenvalue weighted by Crippen LogP contribution is 2.16. The summed E-state index contributed by atoms with van der Waals surface area (Å²) in [5.74, 6) is -0.235. The van der Waals surface area contributed by atoms with Crippen LogP contribution in [0.3, 0.4) is 0 Å². The molecule has 0 aromatic carbocycles. The Labute approximate surface area is 112 Å². The van der Waals surface area contributed by atoms with Crippen LogP contribution in [0, 0.1) is 11.3 Å². The van der Waals surface area contributed by atoms with Crippen LogP contribution in [0.5, 0.6) is 0 Å². The molecule has 0 bridgehead atoms. The summed E-state index contributed by atoms with van der Waals surface area (Å²) in [6.07, 6.45) is 1.58. The third-order valence-corrected chi connectivity index (χ3v) is 5.50. The van der Waals surface area contributed by atoms with Crippen LogP contribution in [-0.4, -0.2) is 47.9 Å². The highest BCUT2D eigenvalue weighted by atomic mass is 32.2. The molecule has 19 heavy (non-hydrogen) atoms. The fourth-order valence-electron chi connectivity index (χ4n) is 2.14. The Bertz CT molecular complexity index is 654. The normalized spacial score (nSPS) is 21.9. The van der Waals surface area contributed by atoms with E-state index in [0.717, 1.165) is 0 Å². The van der Waals surface area contributed by atoms with Crippen LogP contribution < -0.4 is 0 Å². The summed E-state index contributed by atoms with van der Waals surface area (Å²) in [4.78, 5) is 13.8. The molecule has 0 N–H and O–H groups in total. The van der Waals surface area contributed by atoms with Gasteiger partial charge in [0.05, 0.1) is 16.6 Å². The Morgan fingerprint density at radius 2 is 2.21 bits per heavy atom. The smallest absolute Gasteiger partial charge is 0.270 e. The maximum Gasteiger partial charge on any atom is 0.270 e. The number of amides is 1. The summed E-state index contributed by atoms with van der Waals surface area (Å²) in [6, 6.07) is 3.50. The summed E-state index contributed by atoms with van der Waals surface area (Å²) in [5, 5.41) is 8.27. The lowest BCUT2D eigenvalue weighted by atomic mass is 10.3. The maximum atomic E-state index is 12.3. The van der Waals surface area contributed by atoms with Crippen molar-refractivity contribution in [3.05, 3.63) is 23.5 Å². The molecule has 2 heterocycles. The van der Waals surface area contributed by atoms with Gasteiger partial charge in [0, 0.05) is 26.3 Å². The molecule has 0 spiro atoms. The van der Waals surface area contributed by atoms with Gasteiger partial charge in [0.1, 0.15) is 11.8 Å². The number of carbonyl (C=O) groups is 1. The molecule has 1 amide bonds. The van der Waals surface area contributed by atoms with Crippen LogP contribution in [0.25, 0.3) is 0 Å². The molecule has 1 unspecified atom stereocenters. The van der Waals surface area contributed by atoms with Crippen LogP contribution in [0.4, 0.5) is 0 Å². The number of nitriles is 1. The van der Waals surface area contributed by atoms with Crippen LogP contribution >= 0.6 is 0 Å². The molecule has 102 valence electrons. The highest BCUT2D eigenvalue weighted by molar-refractivity contribution is 7.92. The van der Waals surface area contributed by atoms with Gasteiger partial charge in [-0.05, 0) is 13.0 Å². The number of sulfone groups is 1. The van der Waals surface area contributed by atoms with Crippen molar-refractivity contribution in [1.29, 1.82) is 5.26 Å². The lowest BCUT2D eigenvalue weighted by molar-refractivity contribution is 0.0750. The molecule has 0 saturated carbocycles. The first-order valence-electron chi connectivity index (χ1n) is 5.92. The number of hydrogen-bond acceptors (Lipinski definition) is 4. The lowest BCUT2D eigenvalue weighted by Gasteiger charge is -2.30. The zero-order valence-electron chi connectivity index (χ0n) is 10.8. The van der Waals surface area contributed by atoms with Gasteiger partial charge in [0.2, 0.25) is 0 Å². The van der Waals surface area contributed by atoms with E-state index in [1.54, 1.807) is 24.7 Å². The number of aryl methyl sites for hydroxylation is 1. The van der Waals surface area contributed by atoms with Crippen molar-refractivity contribution in [2.45, 2.75) is 12.2 Å². The Hall–Kier alpha value is -1.81. The molecule has 1 aliphatic rings. The Balaban J connectivity index is 2.22. The van der Waals surface area contributed by atoms with Gasteiger partial charge in [-0.1, -0.05) is 0 Å². The van der Waals surface area contributed by atoms with E-state index in [-0.39, 0.29) is 24.7 Å². The second-order valence-corrected chi connectivity index (χ2v) is 7.30. The molecule has 7 heteroatoms. The Kier molecular flexibility index (Phi) is 3.37. The van der Waals surface area contributed by atoms with E-state index < -0.39 is 15.1 Å². The third-order valence-electron chi connectivity index (χ3n) is 3.38. The monoisotopic (exact) mass is 281 g/mol. The van der Waals surface area contributed by atoms with Crippen LogP contribution in [0.15, 0.2) is 12.3 Å². The van der Waals surface area contributed by atoms with Gasteiger partial charge in [0.25, 0.3) is 5.91 Å². The summed E-state index contributed by atoms with van der Waals surface area (Å²) < 4.78 is 24.8. The van der Waals surface area contributed by atoms with Crippen molar-refractivity contribution in [3.8, 4) is 6.07 Å². The van der Waals surface area contributed by atoms with Crippen molar-refractivity contribution >= 4 is 15.7 Å². The Morgan fingerprint density at radius 1 is 1.53 bits per heavy atom. The number of carbonyl (C=O) groups excluding carboxylic acids is 1. The summed E-state index contributed by atoms with van der Waals surface area (Å²) >= 11 is 0. The van der Waals surface area contributed by atoms with Crippen molar-refractivity contribution in [3.63, 3.8) is 0 Å².